The molecule has 4 amide bonds. The van der Waals surface area contributed by atoms with Gasteiger partial charge in [0.1, 0.15) is 5.70 Å². The van der Waals surface area contributed by atoms with Crippen molar-refractivity contribution >= 4 is 69.4 Å². The third-order valence-corrected chi connectivity index (χ3v) is 7.39. The van der Waals surface area contributed by atoms with Crippen molar-refractivity contribution < 1.29 is 19.2 Å². The number of para-hydroxylation sites is 1. The van der Waals surface area contributed by atoms with Crippen LogP contribution in [0.5, 0.6) is 0 Å². The number of carbonyl (C=O) groups excluding carboxylic acids is 4. The van der Waals surface area contributed by atoms with Crippen LogP contribution < -0.4 is 21.3 Å². The summed E-state index contributed by atoms with van der Waals surface area (Å²) in [5.74, 6) is -1.14. The molecule has 0 saturated heterocycles. The van der Waals surface area contributed by atoms with Crippen molar-refractivity contribution in [2.45, 2.75) is 11.8 Å². The van der Waals surface area contributed by atoms with Crippen molar-refractivity contribution in [2.24, 2.45) is 0 Å². The van der Waals surface area contributed by atoms with Crippen LogP contribution in [0, 0.1) is 0 Å². The van der Waals surface area contributed by atoms with E-state index in [1.807, 2.05) is 36.4 Å². The molecule has 220 valence electrons. The average Bonchev–Trinajstić information content (AvgIpc) is 3.43. The standard InChI is InChI=1S/C34H29N5O4S/c1-22(40)36-25-14-16-26(17-15-25)37-32(41)21-44-28-11-7-10-27(19-28)38-34(43)31(39-33(42)23-8-3-2-4-9-23)18-24-20-35-30-13-6-5-12-29(24)30/h2-20,35H,21H2,1H3,(H,36,40)(H,37,41)(H,38,43)(H,39,42)/b31-18-. The van der Waals surface area contributed by atoms with Crippen LogP contribution in [-0.4, -0.2) is 34.4 Å². The molecule has 0 saturated carbocycles. The molecule has 0 unspecified atom stereocenters. The molecule has 0 spiro atoms. The fourth-order valence-corrected chi connectivity index (χ4v) is 5.11. The number of hydrogen-bond acceptors (Lipinski definition) is 5. The molecule has 0 aliphatic rings. The number of carbonyl (C=O) groups is 4. The van der Waals surface area contributed by atoms with Crippen molar-refractivity contribution in [2.75, 3.05) is 21.7 Å². The van der Waals surface area contributed by atoms with E-state index in [2.05, 4.69) is 26.3 Å². The fraction of sp³-hybridized carbons (Fsp3) is 0.0588. The largest absolute Gasteiger partial charge is 0.361 e. The number of fused-ring (bicyclic) bond motifs is 1. The normalized spacial score (nSPS) is 11.1. The number of anilines is 3. The van der Waals surface area contributed by atoms with Crippen molar-refractivity contribution in [3.63, 3.8) is 0 Å². The van der Waals surface area contributed by atoms with Gasteiger partial charge in [-0.1, -0.05) is 42.5 Å². The predicted octanol–water partition coefficient (Wildman–Crippen LogP) is 6.27. The van der Waals surface area contributed by atoms with Crippen LogP contribution in [0.2, 0.25) is 0 Å². The van der Waals surface area contributed by atoms with Crippen LogP contribution in [0.3, 0.4) is 0 Å². The van der Waals surface area contributed by atoms with Crippen LogP contribution in [0.25, 0.3) is 17.0 Å². The number of nitrogens with one attached hydrogen (secondary N) is 5. The van der Waals surface area contributed by atoms with Gasteiger partial charge in [0, 0.05) is 57.1 Å². The van der Waals surface area contributed by atoms with Gasteiger partial charge in [-0.25, -0.2) is 0 Å². The molecule has 5 N–H and O–H groups in total. The zero-order valence-electron chi connectivity index (χ0n) is 23.7. The Kier molecular flexibility index (Phi) is 9.53. The Balaban J connectivity index is 1.26. The van der Waals surface area contributed by atoms with Crippen molar-refractivity contribution in [1.29, 1.82) is 0 Å². The molecule has 10 heteroatoms. The molecule has 0 bridgehead atoms. The minimum atomic E-state index is -0.498. The predicted molar refractivity (Wildman–Crippen MR) is 175 cm³/mol. The number of aromatic nitrogens is 1. The maximum atomic E-state index is 13.5. The van der Waals surface area contributed by atoms with Gasteiger partial charge in [-0.3, -0.25) is 19.2 Å². The van der Waals surface area contributed by atoms with Crippen LogP contribution in [-0.2, 0) is 14.4 Å². The second-order valence-corrected chi connectivity index (χ2v) is 10.8. The molecule has 9 nitrogen and oxygen atoms in total. The number of aromatic amines is 1. The van der Waals surface area contributed by atoms with E-state index in [-0.39, 0.29) is 23.3 Å². The summed E-state index contributed by atoms with van der Waals surface area (Å²) in [6, 6.07) is 30.3. The SMILES string of the molecule is CC(=O)Nc1ccc(NC(=O)CSc2cccc(NC(=O)/C(=C/c3c[nH]c4ccccc34)NC(=O)c3ccccc3)c2)cc1. The highest BCUT2D eigenvalue weighted by Gasteiger charge is 2.16. The van der Waals surface area contributed by atoms with E-state index in [0.717, 1.165) is 21.4 Å². The summed E-state index contributed by atoms with van der Waals surface area (Å²) in [6.07, 6.45) is 3.42. The molecule has 0 aliphatic heterocycles. The Hall–Kier alpha value is -5.61. The van der Waals surface area contributed by atoms with Gasteiger partial charge in [0.25, 0.3) is 11.8 Å². The molecule has 5 rings (SSSR count). The number of benzene rings is 4. The van der Waals surface area contributed by atoms with Gasteiger partial charge in [-0.05, 0) is 66.7 Å². The number of rotatable bonds is 10. The van der Waals surface area contributed by atoms with E-state index in [1.54, 1.807) is 79.0 Å². The number of hydrogen-bond donors (Lipinski definition) is 5. The van der Waals surface area contributed by atoms with E-state index in [1.165, 1.54) is 18.7 Å². The number of amides is 4. The van der Waals surface area contributed by atoms with Gasteiger partial charge in [-0.15, -0.1) is 11.8 Å². The lowest BCUT2D eigenvalue weighted by atomic mass is 10.1. The van der Waals surface area contributed by atoms with Gasteiger partial charge in [0.2, 0.25) is 11.8 Å². The number of H-pyrrole nitrogens is 1. The lowest BCUT2D eigenvalue weighted by molar-refractivity contribution is -0.114. The van der Waals surface area contributed by atoms with Gasteiger partial charge < -0.3 is 26.3 Å². The second-order valence-electron chi connectivity index (χ2n) is 9.75. The molecule has 1 heterocycles. The fourth-order valence-electron chi connectivity index (χ4n) is 4.36. The van der Waals surface area contributed by atoms with Crippen molar-refractivity contribution in [3.8, 4) is 0 Å². The monoisotopic (exact) mass is 603 g/mol. The lowest BCUT2D eigenvalue weighted by Gasteiger charge is -2.12. The highest BCUT2D eigenvalue weighted by atomic mass is 32.2. The molecule has 4 aromatic carbocycles. The smallest absolute Gasteiger partial charge is 0.272 e. The summed E-state index contributed by atoms with van der Waals surface area (Å²) >= 11 is 1.31. The number of thioether (sulfide) groups is 1. The molecule has 0 aliphatic carbocycles. The molecule has 1 aromatic heterocycles. The van der Waals surface area contributed by atoms with Crippen LogP contribution in [0.15, 0.2) is 120 Å². The third-order valence-electron chi connectivity index (χ3n) is 6.40. The zero-order valence-corrected chi connectivity index (χ0v) is 24.5. The highest BCUT2D eigenvalue weighted by Crippen LogP contribution is 2.24. The summed E-state index contributed by atoms with van der Waals surface area (Å²) in [5, 5.41) is 12.1. The van der Waals surface area contributed by atoms with Gasteiger partial charge in [-0.2, -0.15) is 0 Å². The first-order valence-corrected chi connectivity index (χ1v) is 14.7. The van der Waals surface area contributed by atoms with Crippen molar-refractivity contribution in [3.05, 3.63) is 126 Å². The highest BCUT2D eigenvalue weighted by molar-refractivity contribution is 8.00. The van der Waals surface area contributed by atoms with Crippen LogP contribution >= 0.6 is 11.8 Å². The summed E-state index contributed by atoms with van der Waals surface area (Å²) < 4.78 is 0. The molecular weight excluding hydrogens is 574 g/mol. The molecule has 5 aromatic rings. The summed E-state index contributed by atoms with van der Waals surface area (Å²) in [7, 11) is 0. The molecule has 0 atom stereocenters. The maximum absolute atomic E-state index is 13.5. The van der Waals surface area contributed by atoms with Crippen molar-refractivity contribution in [1.82, 2.24) is 10.3 Å². The lowest BCUT2D eigenvalue weighted by Crippen LogP contribution is -2.30. The Bertz CT molecular complexity index is 1850. The first-order valence-electron chi connectivity index (χ1n) is 13.7. The Morgan fingerprint density at radius 3 is 2.20 bits per heavy atom. The summed E-state index contributed by atoms with van der Waals surface area (Å²) in [4.78, 5) is 54.2. The summed E-state index contributed by atoms with van der Waals surface area (Å²) in [5.41, 5.74) is 3.91. The first-order chi connectivity index (χ1) is 21.3. The van der Waals surface area contributed by atoms with Crippen LogP contribution in [0.4, 0.5) is 17.1 Å². The molecule has 0 fully saturated rings. The van der Waals surface area contributed by atoms with Crippen LogP contribution in [0.1, 0.15) is 22.8 Å². The van der Waals surface area contributed by atoms with E-state index in [0.29, 0.717) is 22.6 Å². The van der Waals surface area contributed by atoms with Gasteiger partial charge in [0.15, 0.2) is 0 Å². The van der Waals surface area contributed by atoms with E-state index < -0.39 is 11.8 Å². The van der Waals surface area contributed by atoms with Gasteiger partial charge >= 0.3 is 0 Å². The maximum Gasteiger partial charge on any atom is 0.272 e. The molecule has 44 heavy (non-hydrogen) atoms. The van der Waals surface area contributed by atoms with E-state index >= 15 is 0 Å². The minimum Gasteiger partial charge on any atom is -0.361 e. The minimum absolute atomic E-state index is 0.0746. The van der Waals surface area contributed by atoms with E-state index in [4.69, 9.17) is 0 Å². The summed E-state index contributed by atoms with van der Waals surface area (Å²) in [6.45, 7) is 1.43. The Morgan fingerprint density at radius 2 is 1.45 bits per heavy atom. The third kappa shape index (κ3) is 8.02. The molecular formula is C34H29N5O4S. The van der Waals surface area contributed by atoms with E-state index in [9.17, 15) is 19.2 Å². The average molecular weight is 604 g/mol. The first kappa shape index (κ1) is 29.9. The zero-order chi connectivity index (χ0) is 30.9. The molecule has 0 radical (unpaired) electrons. The quantitative estimate of drug-likeness (QED) is 0.0949. The Morgan fingerprint density at radius 1 is 0.750 bits per heavy atom. The Labute approximate surface area is 258 Å². The van der Waals surface area contributed by atoms with Gasteiger partial charge in [0.05, 0.1) is 5.75 Å². The topological polar surface area (TPSA) is 132 Å². The second kappa shape index (κ2) is 14.0.